The van der Waals surface area contributed by atoms with Gasteiger partial charge in [0, 0.05) is 12.5 Å². The summed E-state index contributed by atoms with van der Waals surface area (Å²) in [5.74, 6) is -0.581. The second kappa shape index (κ2) is 5.05. The zero-order chi connectivity index (χ0) is 8.85. The molecule has 0 aliphatic carbocycles. The van der Waals surface area contributed by atoms with Crippen LogP contribution >= 0.6 is 0 Å². The summed E-state index contributed by atoms with van der Waals surface area (Å²) in [6, 6.07) is -0.652. The van der Waals surface area contributed by atoms with Crippen LogP contribution in [0.4, 0.5) is 0 Å². The quantitative estimate of drug-likeness (QED) is 0.415. The van der Waals surface area contributed by atoms with E-state index in [4.69, 9.17) is 11.5 Å². The molecule has 0 saturated heterocycles. The summed E-state index contributed by atoms with van der Waals surface area (Å²) in [7, 11) is -2.89. The molecule has 0 aliphatic rings. The Morgan fingerprint density at radius 2 is 2.09 bits per heavy atom. The lowest BCUT2D eigenvalue weighted by molar-refractivity contribution is -0.118. The first kappa shape index (κ1) is 10.3. The maximum absolute atomic E-state index is 10.2. The molecule has 0 aromatic carbocycles. The standard InChI is InChI=1S/C4H10N2O4S/c5-3(1-4(6)7)2-10-11(8)9/h3,11H,1-2,5H2,(H2,6,7). The van der Waals surface area contributed by atoms with Crippen molar-refractivity contribution in [2.24, 2.45) is 11.5 Å². The van der Waals surface area contributed by atoms with Crippen LogP contribution in [0.5, 0.6) is 0 Å². The van der Waals surface area contributed by atoms with E-state index in [2.05, 4.69) is 4.18 Å². The van der Waals surface area contributed by atoms with Crippen molar-refractivity contribution in [2.45, 2.75) is 12.5 Å². The zero-order valence-corrected chi connectivity index (χ0v) is 6.62. The van der Waals surface area contributed by atoms with Crippen LogP contribution in [-0.4, -0.2) is 27.0 Å². The van der Waals surface area contributed by atoms with Crippen LogP contribution in [0.2, 0.25) is 0 Å². The number of primary amides is 1. The van der Waals surface area contributed by atoms with Crippen molar-refractivity contribution in [1.82, 2.24) is 0 Å². The molecule has 1 amide bonds. The highest BCUT2D eigenvalue weighted by atomic mass is 32.2. The number of rotatable bonds is 5. The third-order valence-electron chi connectivity index (χ3n) is 0.857. The van der Waals surface area contributed by atoms with Crippen molar-refractivity contribution in [3.8, 4) is 0 Å². The number of carbonyl (C=O) groups is 1. The maximum Gasteiger partial charge on any atom is 0.257 e. The van der Waals surface area contributed by atoms with E-state index in [0.717, 1.165) is 0 Å². The van der Waals surface area contributed by atoms with Gasteiger partial charge in [-0.05, 0) is 0 Å². The average Bonchev–Trinajstić information content (AvgIpc) is 1.82. The summed E-state index contributed by atoms with van der Waals surface area (Å²) in [5.41, 5.74) is 10.0. The highest BCUT2D eigenvalue weighted by molar-refractivity contribution is 7.67. The van der Waals surface area contributed by atoms with Gasteiger partial charge in [-0.25, -0.2) is 8.42 Å². The van der Waals surface area contributed by atoms with E-state index in [1.54, 1.807) is 0 Å². The number of hydrogen-bond acceptors (Lipinski definition) is 5. The summed E-state index contributed by atoms with van der Waals surface area (Å²) in [5, 5.41) is 0. The van der Waals surface area contributed by atoms with Gasteiger partial charge in [0.05, 0.1) is 6.61 Å². The normalized spacial score (nSPS) is 13.3. The molecule has 1 atom stereocenters. The van der Waals surface area contributed by atoms with Crippen molar-refractivity contribution < 1.29 is 17.4 Å². The number of thiol groups is 1. The summed E-state index contributed by atoms with van der Waals surface area (Å²) in [4.78, 5) is 10.2. The fraction of sp³-hybridized carbons (Fsp3) is 0.750. The van der Waals surface area contributed by atoms with Crippen LogP contribution in [0, 0.1) is 0 Å². The van der Waals surface area contributed by atoms with Gasteiger partial charge >= 0.3 is 0 Å². The number of carbonyl (C=O) groups excluding carboxylic acids is 1. The molecule has 0 spiro atoms. The molecule has 0 saturated carbocycles. The highest BCUT2D eigenvalue weighted by Crippen LogP contribution is 1.87. The van der Waals surface area contributed by atoms with Gasteiger partial charge < -0.3 is 11.5 Å². The minimum atomic E-state index is -2.89. The first-order valence-corrected chi connectivity index (χ1v) is 3.93. The fourth-order valence-corrected chi connectivity index (χ4v) is 0.787. The van der Waals surface area contributed by atoms with Crippen LogP contribution < -0.4 is 11.5 Å². The molecule has 7 heteroatoms. The van der Waals surface area contributed by atoms with E-state index in [1.807, 2.05) is 0 Å². The minimum absolute atomic E-state index is 0.0802. The van der Waals surface area contributed by atoms with Gasteiger partial charge in [0.15, 0.2) is 0 Å². The van der Waals surface area contributed by atoms with E-state index in [-0.39, 0.29) is 13.0 Å². The minimum Gasteiger partial charge on any atom is -0.370 e. The predicted molar refractivity (Wildman–Crippen MR) is 38.1 cm³/mol. The maximum atomic E-state index is 10.2. The van der Waals surface area contributed by atoms with Crippen molar-refractivity contribution in [1.29, 1.82) is 0 Å². The summed E-state index contributed by atoms with van der Waals surface area (Å²) in [6.45, 7) is -0.207. The van der Waals surface area contributed by atoms with Crippen LogP contribution in [0.15, 0.2) is 0 Å². The molecule has 4 N–H and O–H groups in total. The first-order chi connectivity index (χ1) is 5.02. The zero-order valence-electron chi connectivity index (χ0n) is 5.73. The molecular weight excluding hydrogens is 172 g/mol. The Bertz CT molecular complexity index is 194. The smallest absolute Gasteiger partial charge is 0.257 e. The van der Waals surface area contributed by atoms with Crippen molar-refractivity contribution >= 4 is 16.9 Å². The van der Waals surface area contributed by atoms with Gasteiger partial charge in [-0.1, -0.05) is 0 Å². The van der Waals surface area contributed by atoms with Gasteiger partial charge in [-0.3, -0.25) is 8.98 Å². The van der Waals surface area contributed by atoms with E-state index < -0.39 is 22.9 Å². The van der Waals surface area contributed by atoms with Gasteiger partial charge in [0.2, 0.25) is 5.91 Å². The SMILES string of the molecule is NC(=O)CC(N)CO[SH](=O)=O. The number of nitrogens with two attached hydrogens (primary N) is 2. The lowest BCUT2D eigenvalue weighted by Crippen LogP contribution is -2.31. The molecule has 0 aromatic heterocycles. The second-order valence-corrected chi connectivity index (χ2v) is 2.66. The topological polar surface area (TPSA) is 112 Å². The fourth-order valence-electron chi connectivity index (χ4n) is 0.474. The monoisotopic (exact) mass is 182 g/mol. The molecule has 0 aromatic rings. The van der Waals surface area contributed by atoms with Crippen molar-refractivity contribution in [2.75, 3.05) is 6.61 Å². The van der Waals surface area contributed by atoms with Crippen molar-refractivity contribution in [3.05, 3.63) is 0 Å². The van der Waals surface area contributed by atoms with Gasteiger partial charge in [0.1, 0.15) is 0 Å². The molecule has 0 heterocycles. The average molecular weight is 182 g/mol. The van der Waals surface area contributed by atoms with E-state index >= 15 is 0 Å². The molecule has 0 radical (unpaired) electrons. The Balaban J connectivity index is 3.52. The van der Waals surface area contributed by atoms with Crippen molar-refractivity contribution in [3.63, 3.8) is 0 Å². The van der Waals surface area contributed by atoms with Gasteiger partial charge in [-0.15, -0.1) is 0 Å². The molecule has 1 unspecified atom stereocenters. The Morgan fingerprint density at radius 3 is 2.45 bits per heavy atom. The third kappa shape index (κ3) is 7.23. The van der Waals surface area contributed by atoms with Gasteiger partial charge in [0.25, 0.3) is 11.0 Å². The highest BCUT2D eigenvalue weighted by Gasteiger charge is 2.06. The molecule has 11 heavy (non-hydrogen) atoms. The van der Waals surface area contributed by atoms with E-state index in [0.29, 0.717) is 0 Å². The lowest BCUT2D eigenvalue weighted by atomic mass is 10.2. The van der Waals surface area contributed by atoms with E-state index in [9.17, 15) is 13.2 Å². The largest absolute Gasteiger partial charge is 0.370 e. The molecular formula is C4H10N2O4S. The van der Waals surface area contributed by atoms with E-state index in [1.165, 1.54) is 0 Å². The Morgan fingerprint density at radius 1 is 1.55 bits per heavy atom. The summed E-state index contributed by atoms with van der Waals surface area (Å²) >= 11 is 0. The molecule has 6 nitrogen and oxygen atoms in total. The second-order valence-electron chi connectivity index (χ2n) is 1.95. The molecule has 0 bridgehead atoms. The Kier molecular flexibility index (Phi) is 4.75. The van der Waals surface area contributed by atoms with Crippen LogP contribution in [0.3, 0.4) is 0 Å². The van der Waals surface area contributed by atoms with Gasteiger partial charge in [-0.2, -0.15) is 0 Å². The van der Waals surface area contributed by atoms with Crippen LogP contribution in [0.1, 0.15) is 6.42 Å². The molecule has 66 valence electrons. The molecule has 0 fully saturated rings. The lowest BCUT2D eigenvalue weighted by Gasteiger charge is -2.04. The van der Waals surface area contributed by atoms with Crippen LogP contribution in [-0.2, 0) is 20.0 Å². The predicted octanol–water partition coefficient (Wildman–Crippen LogP) is -2.27. The molecule has 0 rings (SSSR count). The Labute approximate surface area is 65.7 Å². The first-order valence-electron chi connectivity index (χ1n) is 2.83. The summed E-state index contributed by atoms with van der Waals surface area (Å²) in [6.07, 6.45) is -0.0802. The van der Waals surface area contributed by atoms with Crippen LogP contribution in [0.25, 0.3) is 0 Å². The molecule has 0 aliphatic heterocycles. The number of amides is 1. The third-order valence-corrected chi connectivity index (χ3v) is 1.22. The number of hydrogen-bond donors (Lipinski definition) is 3. The Hall–Kier alpha value is -0.660. The summed E-state index contributed by atoms with van der Waals surface area (Å²) < 4.78 is 23.8.